The molecule has 0 bridgehead atoms. The van der Waals surface area contributed by atoms with Crippen molar-refractivity contribution in [3.05, 3.63) is 36.1 Å². The zero-order chi connectivity index (χ0) is 13.2. The van der Waals surface area contributed by atoms with Crippen molar-refractivity contribution in [3.8, 4) is 0 Å². The van der Waals surface area contributed by atoms with Crippen LogP contribution in [0.15, 0.2) is 34.7 Å². The Morgan fingerprint density at radius 1 is 1.33 bits per heavy atom. The van der Waals surface area contributed by atoms with E-state index in [1.807, 2.05) is 30.3 Å². The van der Waals surface area contributed by atoms with Gasteiger partial charge in [0.25, 0.3) is 0 Å². The van der Waals surface area contributed by atoms with Crippen LogP contribution in [0.4, 0.5) is 0 Å². The van der Waals surface area contributed by atoms with E-state index >= 15 is 0 Å². The Balaban J connectivity index is 2.13. The molecule has 3 nitrogen and oxygen atoms in total. The van der Waals surface area contributed by atoms with Gasteiger partial charge in [-0.05, 0) is 32.0 Å². The fraction of sp³-hybridized carbons (Fsp3) is 0.467. The molecule has 0 aliphatic carbocycles. The Morgan fingerprint density at radius 2 is 2.06 bits per heavy atom. The van der Waals surface area contributed by atoms with Gasteiger partial charge in [-0.15, -0.1) is 0 Å². The molecule has 2 N–H and O–H groups in total. The highest BCUT2D eigenvalue weighted by atomic mass is 16.4. The van der Waals surface area contributed by atoms with Gasteiger partial charge in [0.2, 0.25) is 0 Å². The van der Waals surface area contributed by atoms with E-state index in [2.05, 4.69) is 19.2 Å². The molecule has 0 saturated heterocycles. The van der Waals surface area contributed by atoms with Crippen LogP contribution in [-0.4, -0.2) is 17.7 Å². The third-order valence-electron chi connectivity index (χ3n) is 3.12. The zero-order valence-electron chi connectivity index (χ0n) is 11.2. The summed E-state index contributed by atoms with van der Waals surface area (Å²) >= 11 is 0. The van der Waals surface area contributed by atoms with Gasteiger partial charge >= 0.3 is 0 Å². The van der Waals surface area contributed by atoms with E-state index in [4.69, 9.17) is 4.42 Å². The quantitative estimate of drug-likeness (QED) is 0.853. The molecule has 0 radical (unpaired) electrons. The van der Waals surface area contributed by atoms with E-state index in [-0.39, 0.29) is 0 Å². The largest absolute Gasteiger partial charge is 0.458 e. The lowest BCUT2D eigenvalue weighted by Crippen LogP contribution is -2.30. The van der Waals surface area contributed by atoms with Gasteiger partial charge in [-0.2, -0.15) is 0 Å². The van der Waals surface area contributed by atoms with Crippen LogP contribution in [0.2, 0.25) is 0 Å². The van der Waals surface area contributed by atoms with E-state index in [0.717, 1.165) is 17.5 Å². The summed E-state index contributed by atoms with van der Waals surface area (Å²) in [6, 6.07) is 10.2. The SMILES string of the molecule is CC(C)NCCC(C)(O)c1cc2ccccc2o1. The standard InChI is InChI=1S/C15H21NO2/c1-11(2)16-9-8-15(3,17)14-10-12-6-4-5-7-13(12)18-14/h4-7,10-11,16-17H,8-9H2,1-3H3. The van der Waals surface area contributed by atoms with E-state index in [1.165, 1.54) is 0 Å². The molecule has 1 unspecified atom stereocenters. The summed E-state index contributed by atoms with van der Waals surface area (Å²) in [7, 11) is 0. The average Bonchev–Trinajstić information content (AvgIpc) is 2.72. The first kappa shape index (κ1) is 13.1. The molecule has 18 heavy (non-hydrogen) atoms. The molecule has 0 spiro atoms. The normalized spacial score (nSPS) is 15.2. The number of benzene rings is 1. The summed E-state index contributed by atoms with van der Waals surface area (Å²) in [4.78, 5) is 0. The topological polar surface area (TPSA) is 45.4 Å². The molecular weight excluding hydrogens is 226 g/mol. The fourth-order valence-corrected chi connectivity index (χ4v) is 1.97. The number of aliphatic hydroxyl groups is 1. The molecular formula is C15H21NO2. The molecule has 1 heterocycles. The van der Waals surface area contributed by atoms with Crippen molar-refractivity contribution < 1.29 is 9.52 Å². The van der Waals surface area contributed by atoms with Gasteiger partial charge in [-0.3, -0.25) is 0 Å². The number of fused-ring (bicyclic) bond motifs is 1. The number of para-hydroxylation sites is 1. The first-order valence-corrected chi connectivity index (χ1v) is 6.44. The third kappa shape index (κ3) is 2.92. The molecule has 0 aliphatic rings. The van der Waals surface area contributed by atoms with Crippen LogP contribution in [-0.2, 0) is 5.60 Å². The molecule has 0 saturated carbocycles. The molecule has 1 aromatic carbocycles. The molecule has 2 aromatic rings. The van der Waals surface area contributed by atoms with Crippen LogP contribution in [0.25, 0.3) is 11.0 Å². The maximum absolute atomic E-state index is 10.5. The summed E-state index contributed by atoms with van der Waals surface area (Å²) in [6.45, 7) is 6.75. The molecule has 1 aromatic heterocycles. The van der Waals surface area contributed by atoms with E-state index in [9.17, 15) is 5.11 Å². The molecule has 98 valence electrons. The highest BCUT2D eigenvalue weighted by Crippen LogP contribution is 2.29. The molecule has 0 fully saturated rings. The first-order chi connectivity index (χ1) is 8.49. The van der Waals surface area contributed by atoms with Crippen molar-refractivity contribution in [1.29, 1.82) is 0 Å². The van der Waals surface area contributed by atoms with Gasteiger partial charge in [0.15, 0.2) is 0 Å². The lowest BCUT2D eigenvalue weighted by molar-refractivity contribution is 0.0268. The Bertz CT molecular complexity index is 481. The van der Waals surface area contributed by atoms with E-state index in [0.29, 0.717) is 18.2 Å². The lowest BCUT2D eigenvalue weighted by Gasteiger charge is -2.21. The van der Waals surface area contributed by atoms with Gasteiger partial charge in [0.1, 0.15) is 16.9 Å². The second-order valence-corrected chi connectivity index (χ2v) is 5.28. The predicted molar refractivity (Wildman–Crippen MR) is 73.5 cm³/mol. The molecule has 2 rings (SSSR count). The number of nitrogens with one attached hydrogen (secondary N) is 1. The van der Waals surface area contributed by atoms with Crippen LogP contribution < -0.4 is 5.32 Å². The number of hydrogen-bond donors (Lipinski definition) is 2. The van der Waals surface area contributed by atoms with Crippen molar-refractivity contribution in [2.24, 2.45) is 0 Å². The van der Waals surface area contributed by atoms with E-state index in [1.54, 1.807) is 6.92 Å². The van der Waals surface area contributed by atoms with Crippen LogP contribution >= 0.6 is 0 Å². The number of hydrogen-bond acceptors (Lipinski definition) is 3. The predicted octanol–water partition coefficient (Wildman–Crippen LogP) is 3.03. The Hall–Kier alpha value is -1.32. The van der Waals surface area contributed by atoms with Crippen LogP contribution in [0.3, 0.4) is 0 Å². The highest BCUT2D eigenvalue weighted by molar-refractivity contribution is 5.77. The minimum Gasteiger partial charge on any atom is -0.458 e. The van der Waals surface area contributed by atoms with Gasteiger partial charge in [0.05, 0.1) is 0 Å². The minimum atomic E-state index is -0.930. The molecule has 0 aliphatic heterocycles. The van der Waals surface area contributed by atoms with Gasteiger partial charge in [0, 0.05) is 11.4 Å². The van der Waals surface area contributed by atoms with Gasteiger partial charge in [-0.1, -0.05) is 32.0 Å². The zero-order valence-corrected chi connectivity index (χ0v) is 11.2. The fourth-order valence-electron chi connectivity index (χ4n) is 1.97. The van der Waals surface area contributed by atoms with Crippen LogP contribution in [0.1, 0.15) is 33.0 Å². The Labute approximate surface area is 108 Å². The van der Waals surface area contributed by atoms with Crippen molar-refractivity contribution in [1.82, 2.24) is 5.32 Å². The summed E-state index contributed by atoms with van der Waals surface area (Å²) in [6.07, 6.45) is 0.630. The smallest absolute Gasteiger partial charge is 0.136 e. The molecule has 1 atom stereocenters. The maximum atomic E-state index is 10.5. The summed E-state index contributed by atoms with van der Waals surface area (Å²) in [5.74, 6) is 0.634. The van der Waals surface area contributed by atoms with Gasteiger partial charge in [-0.25, -0.2) is 0 Å². The monoisotopic (exact) mass is 247 g/mol. The number of rotatable bonds is 5. The summed E-state index contributed by atoms with van der Waals surface area (Å²) < 4.78 is 5.71. The third-order valence-corrected chi connectivity index (χ3v) is 3.12. The van der Waals surface area contributed by atoms with E-state index < -0.39 is 5.60 Å². The average molecular weight is 247 g/mol. The Morgan fingerprint density at radius 3 is 2.72 bits per heavy atom. The van der Waals surface area contributed by atoms with Crippen LogP contribution in [0.5, 0.6) is 0 Å². The maximum Gasteiger partial charge on any atom is 0.136 e. The van der Waals surface area contributed by atoms with Crippen LogP contribution in [0, 0.1) is 0 Å². The van der Waals surface area contributed by atoms with Crippen molar-refractivity contribution in [2.45, 2.75) is 38.8 Å². The second-order valence-electron chi connectivity index (χ2n) is 5.28. The lowest BCUT2D eigenvalue weighted by atomic mass is 9.99. The number of furan rings is 1. The highest BCUT2D eigenvalue weighted by Gasteiger charge is 2.26. The molecule has 0 amide bonds. The molecule has 3 heteroatoms. The second kappa shape index (κ2) is 5.12. The summed E-state index contributed by atoms with van der Waals surface area (Å²) in [5, 5.41) is 14.8. The van der Waals surface area contributed by atoms with Crippen molar-refractivity contribution in [3.63, 3.8) is 0 Å². The first-order valence-electron chi connectivity index (χ1n) is 6.44. The van der Waals surface area contributed by atoms with Gasteiger partial charge < -0.3 is 14.8 Å². The van der Waals surface area contributed by atoms with Crippen molar-refractivity contribution >= 4 is 11.0 Å². The minimum absolute atomic E-state index is 0.427. The van der Waals surface area contributed by atoms with Crippen molar-refractivity contribution in [2.75, 3.05) is 6.54 Å². The Kier molecular flexibility index (Phi) is 3.73. The summed E-state index contributed by atoms with van der Waals surface area (Å²) in [5.41, 5.74) is -0.106.